The van der Waals surface area contributed by atoms with Crippen LogP contribution in [0.5, 0.6) is 0 Å². The minimum atomic E-state index is -1.57. The zero-order valence-electron chi connectivity index (χ0n) is 32.4. The minimum Gasteiger partial charge on any atom is -0.394 e. The summed E-state index contributed by atoms with van der Waals surface area (Å²) < 4.78 is 11.2. The first-order valence-electron chi connectivity index (χ1n) is 20.7. The van der Waals surface area contributed by atoms with Crippen LogP contribution >= 0.6 is 0 Å². The van der Waals surface area contributed by atoms with Gasteiger partial charge in [-0.15, -0.1) is 0 Å². The monoisotopic (exact) mass is 724 g/mol. The molecule has 0 radical (unpaired) electrons. The van der Waals surface area contributed by atoms with Crippen molar-refractivity contribution in [3.63, 3.8) is 0 Å². The van der Waals surface area contributed by atoms with Crippen molar-refractivity contribution in [2.75, 3.05) is 13.2 Å². The fraction of sp³-hybridized carbons (Fsp3) is 0.833. The molecule has 1 fully saturated rings. The quantitative estimate of drug-likeness (QED) is 0.0298. The number of allylic oxidation sites excluding steroid dienone is 5. The van der Waals surface area contributed by atoms with Crippen LogP contribution in [-0.2, 0) is 14.3 Å². The second-order valence-electron chi connectivity index (χ2n) is 14.4. The maximum Gasteiger partial charge on any atom is 0.220 e. The fourth-order valence-corrected chi connectivity index (χ4v) is 6.30. The van der Waals surface area contributed by atoms with E-state index in [0.29, 0.717) is 6.42 Å². The normalized spacial score (nSPS) is 22.4. The Balaban J connectivity index is 2.44. The van der Waals surface area contributed by atoms with Gasteiger partial charge in [-0.05, 0) is 51.4 Å². The van der Waals surface area contributed by atoms with E-state index in [-0.39, 0.29) is 12.5 Å². The van der Waals surface area contributed by atoms with Gasteiger partial charge in [-0.3, -0.25) is 4.79 Å². The van der Waals surface area contributed by atoms with Crippen LogP contribution in [0.4, 0.5) is 0 Å². The molecule has 0 aromatic heterocycles. The van der Waals surface area contributed by atoms with E-state index in [1.807, 2.05) is 6.08 Å². The first-order valence-corrected chi connectivity index (χ1v) is 20.7. The predicted molar refractivity (Wildman–Crippen MR) is 207 cm³/mol. The topological polar surface area (TPSA) is 149 Å². The molecule has 0 spiro atoms. The molecule has 0 aromatic carbocycles. The third-order valence-electron chi connectivity index (χ3n) is 9.71. The molecule has 1 aliphatic rings. The van der Waals surface area contributed by atoms with Crippen molar-refractivity contribution < 1.29 is 39.8 Å². The van der Waals surface area contributed by atoms with E-state index in [1.54, 1.807) is 6.08 Å². The highest BCUT2D eigenvalue weighted by molar-refractivity contribution is 5.76. The summed E-state index contributed by atoms with van der Waals surface area (Å²) in [6, 6.07) is -0.809. The van der Waals surface area contributed by atoms with E-state index in [9.17, 15) is 30.3 Å². The Labute approximate surface area is 311 Å². The van der Waals surface area contributed by atoms with Crippen molar-refractivity contribution in [1.29, 1.82) is 0 Å². The van der Waals surface area contributed by atoms with E-state index >= 15 is 0 Å². The molecule has 298 valence electrons. The first-order chi connectivity index (χ1) is 24.8. The number of carbonyl (C=O) groups is 1. The van der Waals surface area contributed by atoms with E-state index in [4.69, 9.17) is 9.47 Å². The summed E-state index contributed by atoms with van der Waals surface area (Å²) >= 11 is 0. The number of aliphatic hydroxyl groups is 5. The lowest BCUT2D eigenvalue weighted by molar-refractivity contribution is -0.302. The highest BCUT2D eigenvalue weighted by atomic mass is 16.7. The van der Waals surface area contributed by atoms with Gasteiger partial charge in [-0.25, -0.2) is 0 Å². The van der Waals surface area contributed by atoms with Gasteiger partial charge < -0.3 is 40.3 Å². The summed E-state index contributed by atoms with van der Waals surface area (Å²) in [5.74, 6) is -0.194. The number of amides is 1. The van der Waals surface area contributed by atoms with Crippen LogP contribution in [0.3, 0.4) is 0 Å². The molecule has 0 aliphatic carbocycles. The van der Waals surface area contributed by atoms with Crippen molar-refractivity contribution in [2.24, 2.45) is 0 Å². The zero-order valence-corrected chi connectivity index (χ0v) is 32.4. The molecule has 0 bridgehead atoms. The summed E-state index contributed by atoms with van der Waals surface area (Å²) in [7, 11) is 0. The summed E-state index contributed by atoms with van der Waals surface area (Å²) in [5.41, 5.74) is 0. The number of carbonyl (C=O) groups excluding carboxylic acids is 1. The largest absolute Gasteiger partial charge is 0.394 e. The number of rotatable bonds is 33. The number of hydrogen-bond donors (Lipinski definition) is 6. The SMILES string of the molecule is CCCCC/C=C/C/C=C/CCCCCCCC(=O)N[C@@H](CO[C@H]1O[C@@H](CO)[C@H](O)C(O)C1O)[C@H](O)/C=C/CCCCCCCCCCCCC. The van der Waals surface area contributed by atoms with Crippen LogP contribution in [0.1, 0.15) is 168 Å². The van der Waals surface area contributed by atoms with Gasteiger partial charge in [-0.2, -0.15) is 0 Å². The average molecular weight is 724 g/mol. The lowest BCUT2D eigenvalue weighted by Gasteiger charge is -2.40. The Morgan fingerprint density at radius 2 is 1.16 bits per heavy atom. The summed E-state index contributed by atoms with van der Waals surface area (Å²) in [4.78, 5) is 12.9. The lowest BCUT2D eigenvalue weighted by Crippen LogP contribution is -2.60. The molecule has 1 heterocycles. The first kappa shape index (κ1) is 47.4. The Morgan fingerprint density at radius 3 is 1.73 bits per heavy atom. The molecule has 9 nitrogen and oxygen atoms in total. The van der Waals surface area contributed by atoms with Gasteiger partial charge in [0.2, 0.25) is 5.91 Å². The van der Waals surface area contributed by atoms with Gasteiger partial charge in [0.25, 0.3) is 0 Å². The number of aliphatic hydroxyl groups excluding tert-OH is 5. The molecular weight excluding hydrogens is 646 g/mol. The minimum absolute atomic E-state index is 0.194. The predicted octanol–water partition coefficient (Wildman–Crippen LogP) is 7.72. The van der Waals surface area contributed by atoms with Crippen molar-refractivity contribution in [3.05, 3.63) is 36.5 Å². The van der Waals surface area contributed by atoms with E-state index < -0.39 is 49.5 Å². The molecule has 1 amide bonds. The zero-order chi connectivity index (χ0) is 37.4. The van der Waals surface area contributed by atoms with Crippen LogP contribution in [0.2, 0.25) is 0 Å². The molecule has 6 N–H and O–H groups in total. The Morgan fingerprint density at radius 1 is 0.667 bits per heavy atom. The number of nitrogens with one attached hydrogen (secondary N) is 1. The molecule has 0 saturated carbocycles. The van der Waals surface area contributed by atoms with Crippen LogP contribution in [0, 0.1) is 0 Å². The van der Waals surface area contributed by atoms with Gasteiger partial charge in [0.1, 0.15) is 24.4 Å². The molecule has 0 aromatic rings. The van der Waals surface area contributed by atoms with Crippen LogP contribution in [-0.4, -0.2) is 87.5 Å². The third-order valence-corrected chi connectivity index (χ3v) is 9.71. The summed E-state index contributed by atoms with van der Waals surface area (Å²) in [5, 5.41) is 54.0. The van der Waals surface area contributed by atoms with Crippen LogP contribution < -0.4 is 5.32 Å². The number of unbranched alkanes of at least 4 members (excludes halogenated alkanes) is 19. The van der Waals surface area contributed by atoms with Gasteiger partial charge in [0.05, 0.1) is 25.4 Å². The maximum absolute atomic E-state index is 12.9. The second kappa shape index (κ2) is 33.0. The van der Waals surface area contributed by atoms with Gasteiger partial charge >= 0.3 is 0 Å². The standard InChI is InChI=1S/C42H77NO8/c1-3-5-7-9-11-13-15-17-18-20-22-24-26-28-30-32-38(46)43-35(34-50-42-41(49)40(48)39(47)37(33-44)51-42)36(45)31-29-27-25-23-21-19-16-14-12-10-8-6-4-2/h11,13,17-18,29,31,35-37,39-42,44-45,47-49H,3-10,12,14-16,19-28,30,32-34H2,1-2H3,(H,43,46)/b13-11+,18-17+,31-29+/t35-,36+,37-,39-,40?,41?,42-/m0/s1. The van der Waals surface area contributed by atoms with Crippen LogP contribution in [0.25, 0.3) is 0 Å². The van der Waals surface area contributed by atoms with Crippen molar-refractivity contribution in [2.45, 2.75) is 211 Å². The molecule has 51 heavy (non-hydrogen) atoms. The Kier molecular flexibility index (Phi) is 30.7. The molecule has 9 heteroatoms. The third kappa shape index (κ3) is 24.4. The van der Waals surface area contributed by atoms with E-state index in [2.05, 4.69) is 43.5 Å². The average Bonchev–Trinajstić information content (AvgIpc) is 3.13. The summed E-state index contributed by atoms with van der Waals surface area (Å²) in [6.45, 7) is 3.71. The maximum atomic E-state index is 12.9. The number of hydrogen-bond acceptors (Lipinski definition) is 8. The highest BCUT2D eigenvalue weighted by Gasteiger charge is 2.44. The highest BCUT2D eigenvalue weighted by Crippen LogP contribution is 2.22. The van der Waals surface area contributed by atoms with Gasteiger partial charge in [0.15, 0.2) is 6.29 Å². The molecule has 2 unspecified atom stereocenters. The van der Waals surface area contributed by atoms with Crippen LogP contribution in [0.15, 0.2) is 36.5 Å². The van der Waals surface area contributed by atoms with E-state index in [0.717, 1.165) is 64.2 Å². The molecular formula is C42H77NO8. The second-order valence-corrected chi connectivity index (χ2v) is 14.4. The molecule has 7 atom stereocenters. The van der Waals surface area contributed by atoms with Gasteiger partial charge in [0, 0.05) is 6.42 Å². The van der Waals surface area contributed by atoms with E-state index in [1.165, 1.54) is 83.5 Å². The molecule has 1 rings (SSSR count). The lowest BCUT2D eigenvalue weighted by atomic mass is 9.99. The number of ether oxygens (including phenoxy) is 2. The van der Waals surface area contributed by atoms with Crippen molar-refractivity contribution >= 4 is 5.91 Å². The Bertz CT molecular complexity index is 894. The molecule has 1 saturated heterocycles. The fourth-order valence-electron chi connectivity index (χ4n) is 6.30. The smallest absolute Gasteiger partial charge is 0.220 e. The van der Waals surface area contributed by atoms with Crippen molar-refractivity contribution in [1.82, 2.24) is 5.32 Å². The van der Waals surface area contributed by atoms with Gasteiger partial charge in [-0.1, -0.05) is 147 Å². The summed E-state index contributed by atoms with van der Waals surface area (Å²) in [6.07, 6.45) is 31.8. The molecule has 1 aliphatic heterocycles. The van der Waals surface area contributed by atoms with Crippen molar-refractivity contribution in [3.8, 4) is 0 Å². The Hall–Kier alpha value is -1.59.